The van der Waals surface area contributed by atoms with Gasteiger partial charge in [-0.25, -0.2) is 8.60 Å². The SMILES string of the molecule is CC(=N[S@](=O)C(C)(C)C)c1sccc1F. The first kappa shape index (κ1) is 12.5. The van der Waals surface area contributed by atoms with Gasteiger partial charge in [0.25, 0.3) is 0 Å². The Balaban J connectivity index is 2.96. The fourth-order valence-electron chi connectivity index (χ4n) is 0.855. The first-order valence-electron chi connectivity index (χ1n) is 4.53. The van der Waals surface area contributed by atoms with Gasteiger partial charge in [-0.3, -0.25) is 0 Å². The topological polar surface area (TPSA) is 29.4 Å². The highest BCUT2D eigenvalue weighted by molar-refractivity contribution is 7.85. The zero-order chi connectivity index (χ0) is 11.6. The van der Waals surface area contributed by atoms with Gasteiger partial charge in [-0.2, -0.15) is 4.40 Å². The van der Waals surface area contributed by atoms with E-state index < -0.39 is 15.7 Å². The highest BCUT2D eigenvalue weighted by atomic mass is 32.2. The third-order valence-electron chi connectivity index (χ3n) is 1.69. The molecule has 0 saturated carbocycles. The van der Waals surface area contributed by atoms with Crippen molar-refractivity contribution < 1.29 is 8.60 Å². The molecule has 0 spiro atoms. The summed E-state index contributed by atoms with van der Waals surface area (Å²) in [5, 5.41) is 1.66. The number of rotatable bonds is 2. The van der Waals surface area contributed by atoms with Crippen molar-refractivity contribution in [2.75, 3.05) is 0 Å². The second kappa shape index (κ2) is 4.53. The van der Waals surface area contributed by atoms with E-state index in [1.54, 1.807) is 12.3 Å². The quantitative estimate of drug-likeness (QED) is 0.738. The molecule has 0 aliphatic heterocycles. The van der Waals surface area contributed by atoms with Gasteiger partial charge >= 0.3 is 0 Å². The molecule has 1 aromatic heterocycles. The molecular formula is C10H14FNOS2. The lowest BCUT2D eigenvalue weighted by Crippen LogP contribution is -2.20. The Morgan fingerprint density at radius 3 is 2.53 bits per heavy atom. The number of halogens is 1. The smallest absolute Gasteiger partial charge is 0.145 e. The number of hydrogen-bond donors (Lipinski definition) is 0. The summed E-state index contributed by atoms with van der Waals surface area (Å²) in [5.74, 6) is -0.299. The molecule has 1 aromatic rings. The molecule has 0 saturated heterocycles. The largest absolute Gasteiger partial charge is 0.234 e. The van der Waals surface area contributed by atoms with Crippen LogP contribution in [0.3, 0.4) is 0 Å². The standard InChI is InChI=1S/C10H14FNOS2/c1-7(9-8(11)5-6-14-9)12-15(13)10(2,3)4/h5-6H,1-4H3/t15-/m1/s1. The molecule has 0 unspecified atom stereocenters. The van der Waals surface area contributed by atoms with Crippen LogP contribution in [0.25, 0.3) is 0 Å². The van der Waals surface area contributed by atoms with Crippen LogP contribution in [-0.2, 0) is 11.0 Å². The average molecular weight is 247 g/mol. The van der Waals surface area contributed by atoms with Crippen LogP contribution in [0.15, 0.2) is 15.8 Å². The summed E-state index contributed by atoms with van der Waals surface area (Å²) in [6.07, 6.45) is 0. The molecule has 1 atom stereocenters. The van der Waals surface area contributed by atoms with E-state index in [1.807, 2.05) is 20.8 Å². The lowest BCUT2D eigenvalue weighted by molar-refractivity contribution is 0.631. The van der Waals surface area contributed by atoms with Crippen molar-refractivity contribution in [1.82, 2.24) is 0 Å². The molecule has 0 aliphatic carbocycles. The van der Waals surface area contributed by atoms with E-state index in [4.69, 9.17) is 0 Å². The van der Waals surface area contributed by atoms with Crippen molar-refractivity contribution in [3.05, 3.63) is 22.1 Å². The van der Waals surface area contributed by atoms with Gasteiger partial charge in [-0.15, -0.1) is 11.3 Å². The van der Waals surface area contributed by atoms with E-state index in [0.717, 1.165) is 0 Å². The van der Waals surface area contributed by atoms with Crippen molar-refractivity contribution in [3.63, 3.8) is 0 Å². The van der Waals surface area contributed by atoms with Crippen LogP contribution in [0, 0.1) is 5.82 Å². The van der Waals surface area contributed by atoms with Crippen LogP contribution in [0.2, 0.25) is 0 Å². The molecule has 84 valence electrons. The summed E-state index contributed by atoms with van der Waals surface area (Å²) in [4.78, 5) is 0.465. The van der Waals surface area contributed by atoms with E-state index in [1.165, 1.54) is 17.4 Å². The van der Waals surface area contributed by atoms with E-state index in [2.05, 4.69) is 4.40 Å². The molecule has 1 rings (SSSR count). The van der Waals surface area contributed by atoms with Crippen LogP contribution in [-0.4, -0.2) is 14.7 Å². The van der Waals surface area contributed by atoms with Gasteiger partial charge < -0.3 is 0 Å². The van der Waals surface area contributed by atoms with Crippen molar-refractivity contribution in [1.29, 1.82) is 0 Å². The first-order valence-corrected chi connectivity index (χ1v) is 6.51. The normalized spacial score (nSPS) is 15.4. The van der Waals surface area contributed by atoms with Gasteiger partial charge in [-0.1, -0.05) is 0 Å². The second-order valence-corrected chi connectivity index (χ2v) is 6.96. The molecule has 5 heteroatoms. The van der Waals surface area contributed by atoms with E-state index in [0.29, 0.717) is 10.6 Å². The average Bonchev–Trinajstić information content (AvgIpc) is 2.49. The van der Waals surface area contributed by atoms with Gasteiger partial charge in [-0.05, 0) is 39.1 Å². The lowest BCUT2D eigenvalue weighted by Gasteiger charge is -2.13. The van der Waals surface area contributed by atoms with Crippen molar-refractivity contribution in [3.8, 4) is 0 Å². The summed E-state index contributed by atoms with van der Waals surface area (Å²) in [5.41, 5.74) is 0.496. The Kier molecular flexibility index (Phi) is 3.78. The van der Waals surface area contributed by atoms with Crippen LogP contribution in [0.1, 0.15) is 32.6 Å². The highest BCUT2D eigenvalue weighted by Gasteiger charge is 2.20. The van der Waals surface area contributed by atoms with Crippen LogP contribution in [0.4, 0.5) is 4.39 Å². The molecule has 2 nitrogen and oxygen atoms in total. The van der Waals surface area contributed by atoms with Crippen molar-refractivity contribution >= 4 is 28.0 Å². The summed E-state index contributed by atoms with van der Waals surface area (Å²) >= 11 is 1.27. The third-order valence-corrected chi connectivity index (χ3v) is 4.18. The Hall–Kier alpha value is -0.550. The molecule has 0 aromatic carbocycles. The summed E-state index contributed by atoms with van der Waals surface area (Å²) in [6, 6.07) is 1.39. The molecule has 15 heavy (non-hydrogen) atoms. The third kappa shape index (κ3) is 3.21. The maximum atomic E-state index is 13.2. The second-order valence-electron chi connectivity index (χ2n) is 4.14. The van der Waals surface area contributed by atoms with E-state index in [9.17, 15) is 8.60 Å². The number of nitrogens with zero attached hydrogens (tertiary/aromatic N) is 1. The van der Waals surface area contributed by atoms with Crippen LogP contribution in [0.5, 0.6) is 0 Å². The highest BCUT2D eigenvalue weighted by Crippen LogP contribution is 2.18. The fourth-order valence-corrected chi connectivity index (χ4v) is 2.25. The van der Waals surface area contributed by atoms with Gasteiger partial charge in [0.2, 0.25) is 0 Å². The molecular weight excluding hydrogens is 233 g/mol. The van der Waals surface area contributed by atoms with Crippen LogP contribution >= 0.6 is 11.3 Å². The minimum absolute atomic E-state index is 0.299. The molecule has 0 radical (unpaired) electrons. The van der Waals surface area contributed by atoms with Crippen LogP contribution < -0.4 is 0 Å². The summed E-state index contributed by atoms with van der Waals surface area (Å²) < 4.78 is 28.5. The Bertz CT molecular complexity index is 404. The van der Waals surface area contributed by atoms with Gasteiger partial charge in [0, 0.05) is 0 Å². The lowest BCUT2D eigenvalue weighted by atomic mass is 10.3. The Morgan fingerprint density at radius 2 is 2.13 bits per heavy atom. The monoisotopic (exact) mass is 247 g/mol. The first-order chi connectivity index (χ1) is 6.82. The fraction of sp³-hybridized carbons (Fsp3) is 0.500. The zero-order valence-electron chi connectivity index (χ0n) is 9.20. The van der Waals surface area contributed by atoms with Crippen molar-refractivity contribution in [2.45, 2.75) is 32.4 Å². The number of hydrogen-bond acceptors (Lipinski definition) is 2. The van der Waals surface area contributed by atoms with Gasteiger partial charge in [0.05, 0.1) is 15.3 Å². The Labute approximate surface area is 95.8 Å². The van der Waals surface area contributed by atoms with E-state index in [-0.39, 0.29) is 5.82 Å². The van der Waals surface area contributed by atoms with Gasteiger partial charge in [0.15, 0.2) is 0 Å². The predicted octanol–water partition coefficient (Wildman–Crippen LogP) is 3.16. The molecule has 0 amide bonds. The predicted molar refractivity (Wildman–Crippen MR) is 64.4 cm³/mol. The maximum absolute atomic E-state index is 13.2. The van der Waals surface area contributed by atoms with E-state index >= 15 is 0 Å². The summed E-state index contributed by atoms with van der Waals surface area (Å²) in [7, 11) is -1.33. The molecule has 0 fully saturated rings. The molecule has 1 heterocycles. The Morgan fingerprint density at radius 1 is 1.53 bits per heavy atom. The van der Waals surface area contributed by atoms with Gasteiger partial charge in [0.1, 0.15) is 16.8 Å². The minimum Gasteiger partial charge on any atom is -0.234 e. The number of thiophene rings is 1. The minimum atomic E-state index is -1.33. The maximum Gasteiger partial charge on any atom is 0.145 e. The molecule has 0 N–H and O–H groups in total. The summed E-state index contributed by atoms with van der Waals surface area (Å²) in [6.45, 7) is 7.19. The van der Waals surface area contributed by atoms with Crippen molar-refractivity contribution in [2.24, 2.45) is 4.40 Å². The molecule has 0 bridgehead atoms. The molecule has 0 aliphatic rings. The zero-order valence-corrected chi connectivity index (χ0v) is 10.8.